The Kier molecular flexibility index (Phi) is 40.2. The first-order valence-electron chi connectivity index (χ1n) is 23.4. The zero-order valence-corrected chi connectivity index (χ0v) is 36.1. The van der Waals surface area contributed by atoms with Crippen LogP contribution in [0.15, 0.2) is 0 Å². The molecule has 0 aromatic rings. The summed E-state index contributed by atoms with van der Waals surface area (Å²) in [4.78, 5) is 28.0. The summed E-state index contributed by atoms with van der Waals surface area (Å²) in [6.45, 7) is 8.32. The molecule has 2 unspecified atom stereocenters. The fourth-order valence-electron chi connectivity index (χ4n) is 7.45. The minimum absolute atomic E-state index is 0.0344. The van der Waals surface area contributed by atoms with Gasteiger partial charge in [-0.3, -0.25) is 9.59 Å². The highest BCUT2D eigenvalue weighted by Gasteiger charge is 2.20. The summed E-state index contributed by atoms with van der Waals surface area (Å²) >= 11 is 0. The number of carbonyl (C=O) groups excluding carboxylic acids is 2. The topological polar surface area (TPSA) is 55.8 Å². The highest BCUT2D eigenvalue weighted by molar-refractivity contribution is 5.72. The number of esters is 2. The molecule has 0 aromatic carbocycles. The first-order valence-corrected chi connectivity index (χ1v) is 23.4. The van der Waals surface area contributed by atoms with Crippen molar-refractivity contribution in [2.45, 2.75) is 258 Å². The van der Waals surface area contributed by atoms with Crippen LogP contribution in [0.1, 0.15) is 252 Å². The van der Waals surface area contributed by atoms with Crippen LogP contribution in [-0.2, 0) is 19.1 Å². The van der Waals surface area contributed by atoms with Crippen LogP contribution >= 0.6 is 0 Å². The number of ether oxygens (including phenoxy) is 2. The number of hydrogen-bond acceptors (Lipinski definition) is 5. The van der Waals surface area contributed by atoms with Gasteiger partial charge in [-0.1, -0.05) is 194 Å². The van der Waals surface area contributed by atoms with Crippen molar-refractivity contribution in [3.63, 3.8) is 0 Å². The second-order valence-electron chi connectivity index (χ2n) is 16.6. The van der Waals surface area contributed by atoms with Crippen molar-refractivity contribution < 1.29 is 19.1 Å². The van der Waals surface area contributed by atoms with Crippen molar-refractivity contribution in [2.24, 2.45) is 5.92 Å². The SMILES string of the molecule is CCCCCCCCCCCCCCOC(=O)C(CCCCCCCCCCCC)CCCCCC(CCCCCCC)OC(=O)CCCN(C)C. The Morgan fingerprint density at radius 3 is 1.19 bits per heavy atom. The van der Waals surface area contributed by atoms with Gasteiger partial charge in [0.2, 0.25) is 0 Å². The molecule has 5 heteroatoms. The predicted molar refractivity (Wildman–Crippen MR) is 226 cm³/mol. The second-order valence-corrected chi connectivity index (χ2v) is 16.6. The molecule has 0 saturated carbocycles. The van der Waals surface area contributed by atoms with E-state index in [0.717, 1.165) is 77.2 Å². The number of rotatable bonds is 42. The van der Waals surface area contributed by atoms with Gasteiger partial charge in [0.05, 0.1) is 12.5 Å². The van der Waals surface area contributed by atoms with E-state index in [1.54, 1.807) is 0 Å². The number of nitrogens with zero attached hydrogens (tertiary/aromatic N) is 1. The molecule has 2 atom stereocenters. The van der Waals surface area contributed by atoms with Gasteiger partial charge < -0.3 is 14.4 Å². The van der Waals surface area contributed by atoms with Crippen molar-refractivity contribution in [3.8, 4) is 0 Å². The molecule has 0 heterocycles. The molecular weight excluding hydrogens is 643 g/mol. The average Bonchev–Trinajstić information content (AvgIpc) is 3.12. The summed E-state index contributed by atoms with van der Waals surface area (Å²) in [7, 11) is 4.10. The largest absolute Gasteiger partial charge is 0.465 e. The Labute approximate surface area is 326 Å². The summed E-state index contributed by atoms with van der Waals surface area (Å²) in [5, 5.41) is 0. The van der Waals surface area contributed by atoms with E-state index in [0.29, 0.717) is 13.0 Å². The van der Waals surface area contributed by atoms with Crippen LogP contribution in [0.3, 0.4) is 0 Å². The van der Waals surface area contributed by atoms with Crippen molar-refractivity contribution in [2.75, 3.05) is 27.2 Å². The fraction of sp³-hybridized carbons (Fsp3) is 0.957. The van der Waals surface area contributed by atoms with Crippen molar-refractivity contribution in [1.29, 1.82) is 0 Å². The van der Waals surface area contributed by atoms with Gasteiger partial charge >= 0.3 is 11.9 Å². The molecule has 0 rings (SSSR count). The van der Waals surface area contributed by atoms with Gasteiger partial charge in [-0.15, -0.1) is 0 Å². The molecule has 0 aromatic heterocycles. The predicted octanol–water partition coefficient (Wildman–Crippen LogP) is 14.7. The fourth-order valence-corrected chi connectivity index (χ4v) is 7.45. The molecule has 0 bridgehead atoms. The monoisotopic (exact) mass is 736 g/mol. The zero-order valence-electron chi connectivity index (χ0n) is 36.1. The Hall–Kier alpha value is -1.10. The Balaban J connectivity index is 4.61. The summed E-state index contributed by atoms with van der Waals surface area (Å²) in [6, 6.07) is 0. The summed E-state index contributed by atoms with van der Waals surface area (Å²) in [6.07, 6.45) is 43.6. The van der Waals surface area contributed by atoms with Crippen molar-refractivity contribution in [1.82, 2.24) is 4.90 Å². The van der Waals surface area contributed by atoms with Crippen LogP contribution < -0.4 is 0 Å². The van der Waals surface area contributed by atoms with Crippen LogP contribution in [0.25, 0.3) is 0 Å². The van der Waals surface area contributed by atoms with Crippen LogP contribution in [0.5, 0.6) is 0 Å². The Morgan fingerprint density at radius 2 is 0.788 bits per heavy atom. The molecule has 0 fully saturated rings. The van der Waals surface area contributed by atoms with Crippen LogP contribution in [0, 0.1) is 5.92 Å². The molecule has 52 heavy (non-hydrogen) atoms. The van der Waals surface area contributed by atoms with Gasteiger partial charge in [0.15, 0.2) is 0 Å². The third kappa shape index (κ3) is 37.2. The van der Waals surface area contributed by atoms with Gasteiger partial charge in [-0.2, -0.15) is 0 Å². The normalized spacial score (nSPS) is 12.7. The minimum Gasteiger partial charge on any atom is -0.465 e. The van der Waals surface area contributed by atoms with Crippen LogP contribution in [-0.4, -0.2) is 50.2 Å². The van der Waals surface area contributed by atoms with Crippen LogP contribution in [0.4, 0.5) is 0 Å². The number of carbonyl (C=O) groups is 2. The maximum Gasteiger partial charge on any atom is 0.308 e. The van der Waals surface area contributed by atoms with Crippen LogP contribution in [0.2, 0.25) is 0 Å². The highest BCUT2D eigenvalue weighted by Crippen LogP contribution is 2.23. The minimum atomic E-state index is -0.0344. The molecule has 0 aliphatic rings. The molecule has 5 nitrogen and oxygen atoms in total. The lowest BCUT2D eigenvalue weighted by atomic mass is 9.93. The smallest absolute Gasteiger partial charge is 0.308 e. The van der Waals surface area contributed by atoms with E-state index in [1.807, 2.05) is 14.1 Å². The molecule has 0 aliphatic carbocycles. The highest BCUT2D eigenvalue weighted by atomic mass is 16.5. The van der Waals surface area contributed by atoms with E-state index in [1.165, 1.54) is 154 Å². The third-order valence-electron chi connectivity index (χ3n) is 11.0. The molecular formula is C47H93NO4. The quantitative estimate of drug-likeness (QED) is 0.0461. The molecule has 0 N–H and O–H groups in total. The lowest BCUT2D eigenvalue weighted by molar-refractivity contribution is -0.150. The standard InChI is InChI=1S/C47H93NO4/c1-6-9-12-15-17-19-21-22-24-26-29-35-43-51-47(50)44(37-31-28-25-23-20-18-16-13-10-7-2)38-32-30-34-40-45(39-33-27-14-11-8-3)52-46(49)41-36-42-48(4)5/h44-45H,6-43H2,1-5H3. The van der Waals surface area contributed by atoms with E-state index >= 15 is 0 Å². The van der Waals surface area contributed by atoms with E-state index in [-0.39, 0.29) is 24.0 Å². The van der Waals surface area contributed by atoms with E-state index in [4.69, 9.17) is 9.47 Å². The third-order valence-corrected chi connectivity index (χ3v) is 11.0. The number of hydrogen-bond donors (Lipinski definition) is 0. The molecule has 0 radical (unpaired) electrons. The van der Waals surface area contributed by atoms with Crippen molar-refractivity contribution >= 4 is 11.9 Å². The van der Waals surface area contributed by atoms with Gasteiger partial charge in [0, 0.05) is 6.42 Å². The van der Waals surface area contributed by atoms with E-state index in [2.05, 4.69) is 25.7 Å². The maximum absolute atomic E-state index is 13.3. The van der Waals surface area contributed by atoms with Gasteiger partial charge in [-0.25, -0.2) is 0 Å². The molecule has 0 amide bonds. The average molecular weight is 736 g/mol. The summed E-state index contributed by atoms with van der Waals surface area (Å²) < 4.78 is 11.9. The molecule has 0 aliphatic heterocycles. The Morgan fingerprint density at radius 1 is 0.442 bits per heavy atom. The zero-order chi connectivity index (χ0) is 38.2. The van der Waals surface area contributed by atoms with Gasteiger partial charge in [0.25, 0.3) is 0 Å². The first-order chi connectivity index (χ1) is 25.4. The van der Waals surface area contributed by atoms with E-state index in [9.17, 15) is 9.59 Å². The van der Waals surface area contributed by atoms with Gasteiger partial charge in [-0.05, 0) is 72.0 Å². The van der Waals surface area contributed by atoms with Gasteiger partial charge in [0.1, 0.15) is 6.10 Å². The second kappa shape index (κ2) is 41.1. The lowest BCUT2D eigenvalue weighted by Crippen LogP contribution is -2.20. The molecule has 0 saturated heterocycles. The molecule has 310 valence electrons. The summed E-state index contributed by atoms with van der Waals surface area (Å²) in [5.41, 5.74) is 0. The lowest BCUT2D eigenvalue weighted by Gasteiger charge is -2.19. The van der Waals surface area contributed by atoms with E-state index < -0.39 is 0 Å². The Bertz CT molecular complexity index is 741. The summed E-state index contributed by atoms with van der Waals surface area (Å²) in [5.74, 6) is 0.0544. The molecule has 0 spiro atoms. The first kappa shape index (κ1) is 50.9. The number of unbranched alkanes of at least 4 members (excludes halogenated alkanes) is 26. The maximum atomic E-state index is 13.3. The van der Waals surface area contributed by atoms with Crippen molar-refractivity contribution in [3.05, 3.63) is 0 Å².